The molecule has 0 spiro atoms. The zero-order valence-corrected chi connectivity index (χ0v) is 7.59. The van der Waals surface area contributed by atoms with Crippen LogP contribution < -0.4 is 0 Å². The van der Waals surface area contributed by atoms with Crippen molar-refractivity contribution in [3.8, 4) is 11.1 Å². The minimum absolute atomic E-state index is 0.0150. The second-order valence-electron chi connectivity index (χ2n) is 2.98. The van der Waals surface area contributed by atoms with Crippen LogP contribution in [0.15, 0.2) is 43.0 Å². The normalized spacial score (nSPS) is 10.1. The molecule has 1 N–H and O–H groups in total. The zero-order chi connectivity index (χ0) is 9.80. The van der Waals surface area contributed by atoms with Crippen LogP contribution in [-0.2, 0) is 6.61 Å². The average Bonchev–Trinajstić information content (AvgIpc) is 2.30. The fraction of sp³-hybridized carbons (Fsp3) is 0.0909. The van der Waals surface area contributed by atoms with E-state index in [-0.39, 0.29) is 6.61 Å². The monoisotopic (exact) mass is 186 g/mol. The highest BCUT2D eigenvalue weighted by atomic mass is 16.3. The van der Waals surface area contributed by atoms with E-state index in [1.54, 1.807) is 24.8 Å². The Labute approximate surface area is 82.1 Å². The van der Waals surface area contributed by atoms with Gasteiger partial charge in [-0.2, -0.15) is 0 Å². The molecule has 0 bridgehead atoms. The van der Waals surface area contributed by atoms with E-state index in [0.29, 0.717) is 0 Å². The zero-order valence-electron chi connectivity index (χ0n) is 7.59. The summed E-state index contributed by atoms with van der Waals surface area (Å²) >= 11 is 0. The Morgan fingerprint density at radius 3 is 2.64 bits per heavy atom. The van der Waals surface area contributed by atoms with Crippen molar-refractivity contribution in [3.05, 3.63) is 48.5 Å². The van der Waals surface area contributed by atoms with Crippen LogP contribution in [0.4, 0.5) is 0 Å². The first kappa shape index (κ1) is 8.84. The molecule has 14 heavy (non-hydrogen) atoms. The van der Waals surface area contributed by atoms with Crippen LogP contribution in [0.25, 0.3) is 11.1 Å². The molecule has 0 fully saturated rings. The van der Waals surface area contributed by atoms with Crippen molar-refractivity contribution in [2.75, 3.05) is 0 Å². The van der Waals surface area contributed by atoms with E-state index in [0.717, 1.165) is 16.7 Å². The van der Waals surface area contributed by atoms with Crippen molar-refractivity contribution in [1.29, 1.82) is 0 Å². The molecule has 0 saturated carbocycles. The third-order valence-corrected chi connectivity index (χ3v) is 1.97. The van der Waals surface area contributed by atoms with E-state index < -0.39 is 0 Å². The Bertz CT molecular complexity index is 415. The predicted molar refractivity (Wildman–Crippen MR) is 53.4 cm³/mol. The highest BCUT2D eigenvalue weighted by molar-refractivity contribution is 5.61. The molecule has 2 rings (SSSR count). The molecule has 2 aromatic heterocycles. The molecule has 70 valence electrons. The Kier molecular flexibility index (Phi) is 2.51. The molecule has 2 aromatic rings. The lowest BCUT2D eigenvalue weighted by molar-refractivity contribution is 0.281. The summed E-state index contributed by atoms with van der Waals surface area (Å²) in [5, 5.41) is 8.95. The van der Waals surface area contributed by atoms with Crippen LogP contribution in [0.2, 0.25) is 0 Å². The number of hydrogen-bond donors (Lipinski definition) is 1. The Morgan fingerprint density at radius 2 is 1.93 bits per heavy atom. The molecule has 0 radical (unpaired) electrons. The van der Waals surface area contributed by atoms with E-state index >= 15 is 0 Å². The summed E-state index contributed by atoms with van der Waals surface area (Å²) in [5.41, 5.74) is 2.80. The van der Waals surface area contributed by atoms with Crippen LogP contribution in [-0.4, -0.2) is 15.1 Å². The van der Waals surface area contributed by atoms with Crippen molar-refractivity contribution in [2.24, 2.45) is 0 Å². The summed E-state index contributed by atoms with van der Waals surface area (Å²) in [5.74, 6) is 0. The standard InChI is InChI=1S/C11H10N2O/c14-8-9-4-11(7-13-5-9)10-2-1-3-12-6-10/h1-7,14H,8H2. The van der Waals surface area contributed by atoms with Gasteiger partial charge in [-0.05, 0) is 17.7 Å². The molecule has 0 amide bonds. The van der Waals surface area contributed by atoms with Gasteiger partial charge in [0.2, 0.25) is 0 Å². The third kappa shape index (κ3) is 1.78. The molecule has 3 heteroatoms. The van der Waals surface area contributed by atoms with E-state index in [4.69, 9.17) is 5.11 Å². The number of nitrogens with zero attached hydrogens (tertiary/aromatic N) is 2. The number of aliphatic hydroxyl groups excluding tert-OH is 1. The van der Waals surface area contributed by atoms with Crippen molar-refractivity contribution in [1.82, 2.24) is 9.97 Å². The molecule has 0 unspecified atom stereocenters. The number of pyridine rings is 2. The molecule has 2 heterocycles. The Hall–Kier alpha value is -1.74. The van der Waals surface area contributed by atoms with Gasteiger partial charge in [0.05, 0.1) is 6.61 Å². The summed E-state index contributed by atoms with van der Waals surface area (Å²) in [6.45, 7) is 0.0150. The maximum atomic E-state index is 8.95. The van der Waals surface area contributed by atoms with Gasteiger partial charge in [0.25, 0.3) is 0 Å². The third-order valence-electron chi connectivity index (χ3n) is 1.97. The summed E-state index contributed by atoms with van der Waals surface area (Å²) in [4.78, 5) is 8.07. The molecular formula is C11H10N2O. The summed E-state index contributed by atoms with van der Waals surface area (Å²) < 4.78 is 0. The first-order chi connectivity index (χ1) is 6.90. The molecule has 0 aliphatic rings. The molecule has 3 nitrogen and oxygen atoms in total. The van der Waals surface area contributed by atoms with Gasteiger partial charge in [-0.1, -0.05) is 6.07 Å². The van der Waals surface area contributed by atoms with Gasteiger partial charge in [-0.3, -0.25) is 9.97 Å². The number of aliphatic hydroxyl groups is 1. The van der Waals surface area contributed by atoms with Crippen LogP contribution in [0.1, 0.15) is 5.56 Å². The second-order valence-corrected chi connectivity index (χ2v) is 2.98. The van der Waals surface area contributed by atoms with Gasteiger partial charge in [-0.25, -0.2) is 0 Å². The van der Waals surface area contributed by atoms with Gasteiger partial charge in [-0.15, -0.1) is 0 Å². The van der Waals surface area contributed by atoms with Gasteiger partial charge >= 0.3 is 0 Å². The van der Waals surface area contributed by atoms with E-state index in [2.05, 4.69) is 9.97 Å². The highest BCUT2D eigenvalue weighted by Gasteiger charge is 1.98. The highest BCUT2D eigenvalue weighted by Crippen LogP contribution is 2.17. The number of aromatic nitrogens is 2. The maximum Gasteiger partial charge on any atom is 0.0697 e. The van der Waals surface area contributed by atoms with Crippen LogP contribution >= 0.6 is 0 Å². The SMILES string of the molecule is OCc1cncc(-c2cccnc2)c1. The molecule has 0 atom stereocenters. The van der Waals surface area contributed by atoms with Crippen molar-refractivity contribution in [3.63, 3.8) is 0 Å². The van der Waals surface area contributed by atoms with E-state index in [1.165, 1.54) is 0 Å². The van der Waals surface area contributed by atoms with Gasteiger partial charge in [0.1, 0.15) is 0 Å². The van der Waals surface area contributed by atoms with Gasteiger partial charge in [0.15, 0.2) is 0 Å². The predicted octanol–water partition coefficient (Wildman–Crippen LogP) is 1.64. The second kappa shape index (κ2) is 3.98. The van der Waals surface area contributed by atoms with Gasteiger partial charge < -0.3 is 5.11 Å². The average molecular weight is 186 g/mol. The van der Waals surface area contributed by atoms with Crippen molar-refractivity contribution in [2.45, 2.75) is 6.61 Å². The maximum absolute atomic E-state index is 8.95. The summed E-state index contributed by atoms with van der Waals surface area (Å²) in [6, 6.07) is 5.75. The Morgan fingerprint density at radius 1 is 1.07 bits per heavy atom. The molecular weight excluding hydrogens is 176 g/mol. The lowest BCUT2D eigenvalue weighted by Gasteiger charge is -2.01. The Balaban J connectivity index is 2.42. The first-order valence-electron chi connectivity index (χ1n) is 4.35. The first-order valence-corrected chi connectivity index (χ1v) is 4.35. The van der Waals surface area contributed by atoms with Crippen molar-refractivity contribution >= 4 is 0 Å². The summed E-state index contributed by atoms with van der Waals surface area (Å²) in [7, 11) is 0. The number of hydrogen-bond acceptors (Lipinski definition) is 3. The minimum atomic E-state index is 0.0150. The van der Waals surface area contributed by atoms with Crippen LogP contribution in [0, 0.1) is 0 Å². The molecule has 0 aromatic carbocycles. The van der Waals surface area contributed by atoms with Crippen LogP contribution in [0.3, 0.4) is 0 Å². The summed E-state index contributed by atoms with van der Waals surface area (Å²) in [6.07, 6.45) is 6.92. The van der Waals surface area contributed by atoms with E-state index in [9.17, 15) is 0 Å². The largest absolute Gasteiger partial charge is 0.392 e. The smallest absolute Gasteiger partial charge is 0.0697 e. The van der Waals surface area contributed by atoms with Crippen molar-refractivity contribution < 1.29 is 5.11 Å². The fourth-order valence-electron chi connectivity index (χ4n) is 1.27. The molecule has 0 aliphatic carbocycles. The van der Waals surface area contributed by atoms with Gasteiger partial charge in [0, 0.05) is 35.9 Å². The molecule has 0 saturated heterocycles. The van der Waals surface area contributed by atoms with Crippen LogP contribution in [0.5, 0.6) is 0 Å². The number of rotatable bonds is 2. The van der Waals surface area contributed by atoms with E-state index in [1.807, 2.05) is 18.2 Å². The lowest BCUT2D eigenvalue weighted by Crippen LogP contribution is -1.87. The minimum Gasteiger partial charge on any atom is -0.392 e. The quantitative estimate of drug-likeness (QED) is 0.775. The lowest BCUT2D eigenvalue weighted by atomic mass is 10.1. The molecule has 0 aliphatic heterocycles. The fourth-order valence-corrected chi connectivity index (χ4v) is 1.27. The topological polar surface area (TPSA) is 46.0 Å².